The van der Waals surface area contributed by atoms with E-state index in [2.05, 4.69) is 31.5 Å². The Bertz CT molecular complexity index is 665. The summed E-state index contributed by atoms with van der Waals surface area (Å²) < 4.78 is 5.63. The summed E-state index contributed by atoms with van der Waals surface area (Å²) in [4.78, 5) is 27.7. The van der Waals surface area contributed by atoms with Gasteiger partial charge in [-0.2, -0.15) is 0 Å². The van der Waals surface area contributed by atoms with Gasteiger partial charge >= 0.3 is 0 Å². The van der Waals surface area contributed by atoms with Gasteiger partial charge in [-0.15, -0.1) is 36.2 Å². The quantitative estimate of drug-likeness (QED) is 0.551. The van der Waals surface area contributed by atoms with Crippen LogP contribution in [0.3, 0.4) is 0 Å². The lowest BCUT2D eigenvalue weighted by Gasteiger charge is -2.02. The van der Waals surface area contributed by atoms with E-state index >= 15 is 0 Å². The number of nitrogens with zero attached hydrogens (tertiary/aromatic N) is 1. The molecule has 2 rings (SSSR count). The van der Waals surface area contributed by atoms with Gasteiger partial charge in [0.15, 0.2) is 15.6 Å². The zero-order valence-electron chi connectivity index (χ0n) is 12.4. The van der Waals surface area contributed by atoms with E-state index in [0.29, 0.717) is 28.6 Å². The molecule has 0 aliphatic rings. The van der Waals surface area contributed by atoms with E-state index in [1.165, 1.54) is 11.3 Å². The smallest absolute Gasteiger partial charge is 0.293 e. The van der Waals surface area contributed by atoms with Crippen molar-refractivity contribution in [3.05, 3.63) is 33.6 Å². The number of nitrogens with two attached hydrogens (primary N) is 1. The monoisotopic (exact) mass is 458 g/mol. The number of anilines is 1. The van der Waals surface area contributed by atoms with Crippen molar-refractivity contribution in [1.29, 1.82) is 0 Å². The van der Waals surface area contributed by atoms with E-state index in [1.807, 2.05) is 0 Å². The summed E-state index contributed by atoms with van der Waals surface area (Å²) in [6.45, 7) is 1.09. The molecule has 0 radical (unpaired) electrons. The molecule has 24 heavy (non-hydrogen) atoms. The SMILES string of the molecule is Cl.Cl.NCCCNC(=O)Cc1csc(NC(=O)c2ccc(Br)o2)n1. The Labute approximate surface area is 163 Å². The minimum absolute atomic E-state index is 0. The highest BCUT2D eigenvalue weighted by molar-refractivity contribution is 9.10. The van der Waals surface area contributed by atoms with Crippen molar-refractivity contribution < 1.29 is 14.0 Å². The average molecular weight is 460 g/mol. The van der Waals surface area contributed by atoms with E-state index in [1.54, 1.807) is 17.5 Å². The first-order valence-electron chi connectivity index (χ1n) is 6.56. The summed E-state index contributed by atoms with van der Waals surface area (Å²) in [7, 11) is 0. The van der Waals surface area contributed by atoms with Crippen molar-refractivity contribution >= 4 is 69.0 Å². The molecule has 2 amide bonds. The molecule has 2 aromatic rings. The summed E-state index contributed by atoms with van der Waals surface area (Å²) in [5.41, 5.74) is 5.96. The van der Waals surface area contributed by atoms with Gasteiger partial charge in [0.1, 0.15) is 0 Å². The highest BCUT2D eigenvalue weighted by Gasteiger charge is 2.13. The van der Waals surface area contributed by atoms with E-state index in [0.717, 1.165) is 6.42 Å². The summed E-state index contributed by atoms with van der Waals surface area (Å²) in [5, 5.41) is 7.52. The topological polar surface area (TPSA) is 110 Å². The third-order valence-corrected chi connectivity index (χ3v) is 3.85. The van der Waals surface area contributed by atoms with E-state index < -0.39 is 0 Å². The summed E-state index contributed by atoms with van der Waals surface area (Å²) in [6.07, 6.45) is 0.909. The third-order valence-electron chi connectivity index (χ3n) is 2.61. The van der Waals surface area contributed by atoms with Gasteiger partial charge in [0.05, 0.1) is 12.1 Å². The van der Waals surface area contributed by atoms with Crippen LogP contribution < -0.4 is 16.4 Å². The van der Waals surface area contributed by atoms with Crippen LogP contribution in [-0.4, -0.2) is 29.9 Å². The first-order valence-corrected chi connectivity index (χ1v) is 8.23. The second-order valence-corrected chi connectivity index (χ2v) is 6.01. The van der Waals surface area contributed by atoms with Crippen molar-refractivity contribution in [3.8, 4) is 0 Å². The molecule has 0 bridgehead atoms. The van der Waals surface area contributed by atoms with E-state index in [9.17, 15) is 9.59 Å². The number of furan rings is 1. The van der Waals surface area contributed by atoms with Crippen LogP contribution in [-0.2, 0) is 11.2 Å². The highest BCUT2D eigenvalue weighted by Crippen LogP contribution is 2.19. The molecule has 0 atom stereocenters. The van der Waals surface area contributed by atoms with Gasteiger partial charge in [0, 0.05) is 11.9 Å². The number of hydrogen-bond acceptors (Lipinski definition) is 6. The van der Waals surface area contributed by atoms with Gasteiger partial charge in [-0.05, 0) is 41.0 Å². The molecule has 4 N–H and O–H groups in total. The van der Waals surface area contributed by atoms with Crippen LogP contribution in [0.5, 0.6) is 0 Å². The molecule has 2 aromatic heterocycles. The van der Waals surface area contributed by atoms with Crippen LogP contribution in [0.4, 0.5) is 5.13 Å². The Balaban J connectivity index is 0.00000264. The lowest BCUT2D eigenvalue weighted by Crippen LogP contribution is -2.27. The van der Waals surface area contributed by atoms with Crippen molar-refractivity contribution in [3.63, 3.8) is 0 Å². The fourth-order valence-electron chi connectivity index (χ4n) is 1.60. The maximum Gasteiger partial charge on any atom is 0.293 e. The molecule has 0 spiro atoms. The summed E-state index contributed by atoms with van der Waals surface area (Å²) >= 11 is 4.38. The largest absolute Gasteiger partial charge is 0.444 e. The third kappa shape index (κ3) is 7.18. The minimum Gasteiger partial charge on any atom is -0.444 e. The fraction of sp³-hybridized carbons (Fsp3) is 0.308. The number of aromatic nitrogens is 1. The standard InChI is InChI=1S/C13H15BrN4O3S.2ClH/c14-10-3-2-9(21-10)12(20)18-13-17-8(7-22-13)6-11(19)16-5-1-4-15;;/h2-3,7H,1,4-6,15H2,(H,16,19)(H,17,18,20);2*1H. The minimum atomic E-state index is -0.390. The molecular formula is C13H17BrCl2N4O3S. The molecule has 0 aromatic carbocycles. The number of nitrogens with one attached hydrogen (secondary N) is 2. The second kappa shape index (κ2) is 11.4. The summed E-state index contributed by atoms with van der Waals surface area (Å²) in [6, 6.07) is 3.19. The molecule has 0 fully saturated rings. The zero-order valence-corrected chi connectivity index (χ0v) is 16.4. The number of amides is 2. The Hall–Kier alpha value is -1.13. The molecule has 0 saturated heterocycles. The Morgan fingerprint density at radius 1 is 1.33 bits per heavy atom. The van der Waals surface area contributed by atoms with Gasteiger partial charge in [-0.25, -0.2) is 4.98 Å². The van der Waals surface area contributed by atoms with Gasteiger partial charge in [0.2, 0.25) is 5.91 Å². The number of thiazole rings is 1. The number of halogens is 3. The molecule has 0 aliphatic heterocycles. The van der Waals surface area contributed by atoms with Crippen molar-refractivity contribution in [2.45, 2.75) is 12.8 Å². The van der Waals surface area contributed by atoms with Crippen molar-refractivity contribution in [1.82, 2.24) is 10.3 Å². The lowest BCUT2D eigenvalue weighted by atomic mass is 10.3. The highest BCUT2D eigenvalue weighted by atomic mass is 79.9. The molecule has 134 valence electrons. The van der Waals surface area contributed by atoms with E-state index in [4.69, 9.17) is 10.2 Å². The van der Waals surface area contributed by atoms with Crippen LogP contribution in [0.2, 0.25) is 0 Å². The average Bonchev–Trinajstić information content (AvgIpc) is 3.08. The predicted octanol–water partition coefficient (Wildman–Crippen LogP) is 2.60. The number of rotatable bonds is 7. The number of carbonyl (C=O) groups is 2. The zero-order chi connectivity index (χ0) is 15.9. The van der Waals surface area contributed by atoms with Crippen molar-refractivity contribution in [2.75, 3.05) is 18.4 Å². The normalized spacial score (nSPS) is 9.58. The number of carbonyl (C=O) groups excluding carboxylic acids is 2. The molecule has 7 nitrogen and oxygen atoms in total. The maximum absolute atomic E-state index is 11.9. The predicted molar refractivity (Wildman–Crippen MR) is 101 cm³/mol. The fourth-order valence-corrected chi connectivity index (χ4v) is 2.61. The first-order chi connectivity index (χ1) is 10.6. The molecule has 11 heteroatoms. The van der Waals surface area contributed by atoms with Crippen molar-refractivity contribution in [2.24, 2.45) is 5.73 Å². The number of hydrogen-bond donors (Lipinski definition) is 3. The molecule has 0 saturated carbocycles. The van der Waals surface area contributed by atoms with Crippen LogP contribution in [0, 0.1) is 0 Å². The molecule has 0 aliphatic carbocycles. The van der Waals surface area contributed by atoms with Crippen LogP contribution >= 0.6 is 52.1 Å². The van der Waals surface area contributed by atoms with Crippen LogP contribution in [0.25, 0.3) is 0 Å². The van der Waals surface area contributed by atoms with Gasteiger partial charge in [-0.3, -0.25) is 14.9 Å². The summed E-state index contributed by atoms with van der Waals surface area (Å²) in [5.74, 6) is -0.325. The van der Waals surface area contributed by atoms with Gasteiger partial charge in [0.25, 0.3) is 5.91 Å². The first kappa shape index (κ1) is 22.9. The van der Waals surface area contributed by atoms with Crippen LogP contribution in [0.1, 0.15) is 22.7 Å². The second-order valence-electron chi connectivity index (χ2n) is 4.37. The maximum atomic E-state index is 11.9. The van der Waals surface area contributed by atoms with E-state index in [-0.39, 0.29) is 48.8 Å². The van der Waals surface area contributed by atoms with Gasteiger partial charge in [-0.1, -0.05) is 0 Å². The molecule has 2 heterocycles. The Morgan fingerprint density at radius 2 is 2.08 bits per heavy atom. The Morgan fingerprint density at radius 3 is 2.71 bits per heavy atom. The lowest BCUT2D eigenvalue weighted by molar-refractivity contribution is -0.120. The van der Waals surface area contributed by atoms with Gasteiger partial charge < -0.3 is 15.5 Å². The molecule has 0 unspecified atom stereocenters. The Kier molecular flexibility index (Phi) is 10.9. The van der Waals surface area contributed by atoms with Crippen LogP contribution in [0.15, 0.2) is 26.6 Å². The molecular weight excluding hydrogens is 443 g/mol.